The SMILES string of the molecule is CC(=O)N1C2CCC(C3CCC(C(F)(F)F)CC3)CC2N(C(=O)C2CCCO2)C[C@@H]1C. The molecule has 2 heterocycles. The van der Waals surface area contributed by atoms with E-state index in [1.165, 1.54) is 0 Å². The van der Waals surface area contributed by atoms with E-state index in [1.807, 2.05) is 16.7 Å². The number of fused-ring (bicyclic) bond motifs is 1. The number of amides is 2. The van der Waals surface area contributed by atoms with Gasteiger partial charge in [0.15, 0.2) is 0 Å². The van der Waals surface area contributed by atoms with E-state index >= 15 is 0 Å². The minimum atomic E-state index is -4.09. The molecule has 2 aliphatic heterocycles. The van der Waals surface area contributed by atoms with Crippen LogP contribution in [0, 0.1) is 17.8 Å². The van der Waals surface area contributed by atoms with Crippen molar-refractivity contribution < 1.29 is 27.5 Å². The molecule has 0 bridgehead atoms. The third-order valence-electron chi connectivity index (χ3n) is 8.27. The zero-order chi connectivity index (χ0) is 22.3. The molecule has 5 atom stereocenters. The van der Waals surface area contributed by atoms with Crippen molar-refractivity contribution in [2.45, 2.75) is 102 Å². The topological polar surface area (TPSA) is 49.9 Å². The smallest absolute Gasteiger partial charge is 0.368 e. The Morgan fingerprint density at radius 2 is 1.61 bits per heavy atom. The zero-order valence-electron chi connectivity index (χ0n) is 18.6. The molecule has 2 saturated heterocycles. The minimum absolute atomic E-state index is 0.00522. The second-order valence-electron chi connectivity index (χ2n) is 10.1. The molecule has 2 aliphatic carbocycles. The van der Waals surface area contributed by atoms with Crippen LogP contribution in [0.3, 0.4) is 0 Å². The summed E-state index contributed by atoms with van der Waals surface area (Å²) in [6, 6.07) is -0.104. The first-order valence-electron chi connectivity index (χ1n) is 11.9. The Balaban J connectivity index is 1.48. The Bertz CT molecular complexity index is 671. The Hall–Kier alpha value is -1.31. The summed E-state index contributed by atoms with van der Waals surface area (Å²) >= 11 is 0. The number of piperazine rings is 1. The van der Waals surface area contributed by atoms with E-state index in [4.69, 9.17) is 4.74 Å². The maximum atomic E-state index is 13.3. The monoisotopic (exact) mass is 444 g/mol. The van der Waals surface area contributed by atoms with Gasteiger partial charge in [0, 0.05) is 26.1 Å². The number of halogens is 3. The van der Waals surface area contributed by atoms with E-state index in [1.54, 1.807) is 6.92 Å². The van der Waals surface area contributed by atoms with Crippen LogP contribution in [0.4, 0.5) is 13.2 Å². The molecule has 0 N–H and O–H groups in total. The molecule has 0 spiro atoms. The van der Waals surface area contributed by atoms with E-state index < -0.39 is 12.1 Å². The first kappa shape index (κ1) is 22.9. The van der Waals surface area contributed by atoms with E-state index in [-0.39, 0.29) is 54.8 Å². The van der Waals surface area contributed by atoms with Gasteiger partial charge < -0.3 is 14.5 Å². The zero-order valence-corrected chi connectivity index (χ0v) is 18.6. The molecule has 8 heteroatoms. The lowest BCUT2D eigenvalue weighted by molar-refractivity contribution is -0.185. The number of carbonyl (C=O) groups excluding carboxylic acids is 2. The summed E-state index contributed by atoms with van der Waals surface area (Å²) in [6.45, 7) is 4.71. The quantitative estimate of drug-likeness (QED) is 0.643. The molecule has 4 aliphatic rings. The van der Waals surface area contributed by atoms with Crippen molar-refractivity contribution in [2.75, 3.05) is 13.2 Å². The first-order chi connectivity index (χ1) is 14.7. The predicted octanol–water partition coefficient (Wildman–Crippen LogP) is 4.15. The van der Waals surface area contributed by atoms with Gasteiger partial charge >= 0.3 is 6.18 Å². The van der Waals surface area contributed by atoms with Crippen LogP contribution in [0.1, 0.15) is 71.6 Å². The van der Waals surface area contributed by atoms with Crippen molar-refractivity contribution >= 4 is 11.8 Å². The second kappa shape index (κ2) is 8.91. The maximum Gasteiger partial charge on any atom is 0.391 e. The Morgan fingerprint density at radius 3 is 2.19 bits per heavy atom. The second-order valence-corrected chi connectivity index (χ2v) is 10.1. The average molecular weight is 445 g/mol. The number of alkyl halides is 3. The first-order valence-corrected chi connectivity index (χ1v) is 11.9. The summed E-state index contributed by atoms with van der Waals surface area (Å²) in [5.41, 5.74) is 0. The van der Waals surface area contributed by atoms with Crippen LogP contribution in [-0.2, 0) is 14.3 Å². The van der Waals surface area contributed by atoms with Crippen LogP contribution in [0.15, 0.2) is 0 Å². The summed E-state index contributed by atoms with van der Waals surface area (Å²) in [4.78, 5) is 29.6. The van der Waals surface area contributed by atoms with Crippen LogP contribution >= 0.6 is 0 Å². The molecular formula is C23H35F3N2O3. The minimum Gasteiger partial charge on any atom is -0.368 e. The van der Waals surface area contributed by atoms with E-state index in [2.05, 4.69) is 0 Å². The highest BCUT2D eigenvalue weighted by Crippen LogP contribution is 2.46. The van der Waals surface area contributed by atoms with Crippen molar-refractivity contribution in [3.63, 3.8) is 0 Å². The van der Waals surface area contributed by atoms with Gasteiger partial charge in [-0.2, -0.15) is 13.2 Å². The fraction of sp³-hybridized carbons (Fsp3) is 0.913. The molecule has 31 heavy (non-hydrogen) atoms. The summed E-state index contributed by atoms with van der Waals surface area (Å²) in [5, 5.41) is 0. The lowest BCUT2D eigenvalue weighted by Crippen LogP contribution is -2.68. The Kier molecular flexibility index (Phi) is 6.57. The van der Waals surface area contributed by atoms with Crippen molar-refractivity contribution in [3.05, 3.63) is 0 Å². The average Bonchev–Trinajstić information content (AvgIpc) is 3.26. The van der Waals surface area contributed by atoms with Gasteiger partial charge in [0.25, 0.3) is 5.91 Å². The van der Waals surface area contributed by atoms with Gasteiger partial charge in [-0.1, -0.05) is 0 Å². The number of carbonyl (C=O) groups is 2. The molecule has 5 nitrogen and oxygen atoms in total. The summed E-state index contributed by atoms with van der Waals surface area (Å²) in [7, 11) is 0. The largest absolute Gasteiger partial charge is 0.391 e. The maximum absolute atomic E-state index is 13.3. The van der Waals surface area contributed by atoms with Gasteiger partial charge in [0.1, 0.15) is 6.10 Å². The number of nitrogens with zero attached hydrogens (tertiary/aromatic N) is 2. The summed E-state index contributed by atoms with van der Waals surface area (Å²) < 4.78 is 44.9. The molecule has 0 aromatic carbocycles. The van der Waals surface area contributed by atoms with Gasteiger partial charge in [-0.25, -0.2) is 0 Å². The van der Waals surface area contributed by atoms with Gasteiger partial charge in [-0.05, 0) is 76.5 Å². The van der Waals surface area contributed by atoms with Gasteiger partial charge in [-0.3, -0.25) is 9.59 Å². The highest BCUT2D eigenvalue weighted by molar-refractivity contribution is 5.82. The van der Waals surface area contributed by atoms with E-state index in [9.17, 15) is 22.8 Å². The fourth-order valence-corrected chi connectivity index (χ4v) is 6.76. The Labute approximate surface area is 182 Å². The standard InChI is InChI=1S/C23H35F3N2O3/c1-14-13-27(22(30)21-4-3-11-31-21)20-12-17(7-10-19(20)28(14)15(2)29)16-5-8-18(9-6-16)23(24,25)26/h14,16-21H,3-13H2,1-2H3/t14-,16?,17?,18?,19?,20?,21?/m0/s1. The fourth-order valence-electron chi connectivity index (χ4n) is 6.76. The van der Waals surface area contributed by atoms with Crippen LogP contribution in [-0.4, -0.2) is 65.2 Å². The van der Waals surface area contributed by atoms with Crippen LogP contribution in [0.2, 0.25) is 0 Å². The van der Waals surface area contributed by atoms with Gasteiger partial charge in [0.05, 0.1) is 18.0 Å². The van der Waals surface area contributed by atoms with Crippen molar-refractivity contribution in [3.8, 4) is 0 Å². The highest BCUT2D eigenvalue weighted by Gasteiger charge is 2.49. The molecule has 2 saturated carbocycles. The van der Waals surface area contributed by atoms with E-state index in [0.29, 0.717) is 31.9 Å². The summed E-state index contributed by atoms with van der Waals surface area (Å²) in [6.07, 6.45) is 1.31. The number of rotatable bonds is 2. The molecule has 0 aromatic rings. The van der Waals surface area contributed by atoms with Crippen LogP contribution < -0.4 is 0 Å². The molecule has 4 unspecified atom stereocenters. The number of hydrogen-bond donors (Lipinski definition) is 0. The molecular weight excluding hydrogens is 409 g/mol. The third-order valence-corrected chi connectivity index (χ3v) is 8.27. The molecule has 0 aromatic heterocycles. The van der Waals surface area contributed by atoms with Gasteiger partial charge in [-0.15, -0.1) is 0 Å². The normalized spacial score (nSPS) is 39.3. The summed E-state index contributed by atoms with van der Waals surface area (Å²) in [5.74, 6) is -0.497. The molecule has 0 radical (unpaired) electrons. The number of ether oxygens (including phenoxy) is 1. The third kappa shape index (κ3) is 4.60. The van der Waals surface area contributed by atoms with Crippen molar-refractivity contribution in [2.24, 2.45) is 17.8 Å². The van der Waals surface area contributed by atoms with Gasteiger partial charge in [0.2, 0.25) is 5.91 Å². The Morgan fingerprint density at radius 1 is 0.935 bits per heavy atom. The molecule has 2 amide bonds. The predicted molar refractivity (Wildman–Crippen MR) is 109 cm³/mol. The van der Waals surface area contributed by atoms with Crippen LogP contribution in [0.5, 0.6) is 0 Å². The van der Waals surface area contributed by atoms with Crippen LogP contribution in [0.25, 0.3) is 0 Å². The lowest BCUT2D eigenvalue weighted by Gasteiger charge is -2.55. The van der Waals surface area contributed by atoms with E-state index in [0.717, 1.165) is 32.1 Å². The van der Waals surface area contributed by atoms with Crippen molar-refractivity contribution in [1.29, 1.82) is 0 Å². The highest BCUT2D eigenvalue weighted by atomic mass is 19.4. The van der Waals surface area contributed by atoms with Crippen molar-refractivity contribution in [1.82, 2.24) is 9.80 Å². The molecule has 4 rings (SSSR count). The number of hydrogen-bond acceptors (Lipinski definition) is 3. The lowest BCUT2D eigenvalue weighted by atomic mass is 9.68. The molecule has 4 fully saturated rings. The molecule has 176 valence electrons.